The molecule has 0 aliphatic rings. The lowest BCUT2D eigenvalue weighted by Crippen LogP contribution is -2.40. The van der Waals surface area contributed by atoms with Crippen molar-refractivity contribution in [2.24, 2.45) is 5.92 Å². The SMILES string of the molecule is CNCc1cccc(CS(=O)(=O)N(CC(C)C)C(C)C)c1. The second-order valence-electron chi connectivity index (χ2n) is 6.16. The zero-order valence-corrected chi connectivity index (χ0v) is 14.6. The van der Waals surface area contributed by atoms with Gasteiger partial charge >= 0.3 is 0 Å². The molecule has 120 valence electrons. The van der Waals surface area contributed by atoms with Crippen molar-refractivity contribution in [3.63, 3.8) is 0 Å². The normalized spacial score (nSPS) is 12.6. The van der Waals surface area contributed by atoms with Crippen LogP contribution in [0.5, 0.6) is 0 Å². The molecular weight excluding hydrogens is 284 g/mol. The van der Waals surface area contributed by atoms with Gasteiger partial charge in [-0.1, -0.05) is 38.1 Å². The molecule has 5 heteroatoms. The van der Waals surface area contributed by atoms with Gasteiger partial charge < -0.3 is 5.32 Å². The Labute approximate surface area is 129 Å². The number of nitrogens with one attached hydrogen (secondary N) is 1. The number of hydrogen-bond donors (Lipinski definition) is 1. The Morgan fingerprint density at radius 2 is 1.76 bits per heavy atom. The lowest BCUT2D eigenvalue weighted by Gasteiger charge is -2.27. The number of sulfonamides is 1. The first-order chi connectivity index (χ1) is 9.76. The molecule has 0 radical (unpaired) electrons. The smallest absolute Gasteiger partial charge is 0.218 e. The van der Waals surface area contributed by atoms with Gasteiger partial charge in [-0.15, -0.1) is 0 Å². The van der Waals surface area contributed by atoms with Crippen LogP contribution in [-0.2, 0) is 22.3 Å². The van der Waals surface area contributed by atoms with Crippen molar-refractivity contribution < 1.29 is 8.42 Å². The van der Waals surface area contributed by atoms with Gasteiger partial charge in [0.2, 0.25) is 10.0 Å². The number of nitrogens with zero attached hydrogens (tertiary/aromatic N) is 1. The van der Waals surface area contributed by atoms with E-state index in [1.165, 1.54) is 0 Å². The van der Waals surface area contributed by atoms with Crippen molar-refractivity contribution in [1.82, 2.24) is 9.62 Å². The van der Waals surface area contributed by atoms with Gasteiger partial charge in [0.25, 0.3) is 0 Å². The Hall–Kier alpha value is -0.910. The Bertz CT molecular complexity index is 539. The Balaban J connectivity index is 2.94. The van der Waals surface area contributed by atoms with Gasteiger partial charge in [-0.2, -0.15) is 4.31 Å². The van der Waals surface area contributed by atoms with Crippen LogP contribution in [0.15, 0.2) is 24.3 Å². The van der Waals surface area contributed by atoms with E-state index in [0.29, 0.717) is 12.5 Å². The number of hydrogen-bond acceptors (Lipinski definition) is 3. The largest absolute Gasteiger partial charge is 0.316 e. The Morgan fingerprint density at radius 1 is 1.14 bits per heavy atom. The van der Waals surface area contributed by atoms with Crippen LogP contribution in [0.25, 0.3) is 0 Å². The summed E-state index contributed by atoms with van der Waals surface area (Å²) in [5.41, 5.74) is 1.95. The molecule has 0 aromatic heterocycles. The van der Waals surface area contributed by atoms with Crippen LogP contribution in [0, 0.1) is 5.92 Å². The Kier molecular flexibility index (Phi) is 6.84. The van der Waals surface area contributed by atoms with Gasteiger partial charge in [0.1, 0.15) is 0 Å². The molecule has 0 saturated heterocycles. The number of benzene rings is 1. The van der Waals surface area contributed by atoms with Crippen molar-refractivity contribution in [2.45, 2.75) is 46.0 Å². The first-order valence-electron chi connectivity index (χ1n) is 7.48. The predicted molar refractivity (Wildman–Crippen MR) is 88.5 cm³/mol. The van der Waals surface area contributed by atoms with Gasteiger partial charge in [-0.25, -0.2) is 8.42 Å². The topological polar surface area (TPSA) is 49.4 Å². The molecule has 0 aliphatic heterocycles. The first-order valence-corrected chi connectivity index (χ1v) is 9.09. The summed E-state index contributed by atoms with van der Waals surface area (Å²) in [6, 6.07) is 7.74. The lowest BCUT2D eigenvalue weighted by atomic mass is 10.1. The lowest BCUT2D eigenvalue weighted by molar-refractivity contribution is 0.318. The van der Waals surface area contributed by atoms with Gasteiger partial charge in [0, 0.05) is 19.1 Å². The summed E-state index contributed by atoms with van der Waals surface area (Å²) in [5.74, 6) is 0.382. The first kappa shape index (κ1) is 18.1. The fourth-order valence-corrected chi connectivity index (χ4v) is 4.27. The van der Waals surface area contributed by atoms with E-state index in [9.17, 15) is 8.42 Å². The molecule has 0 bridgehead atoms. The molecule has 0 heterocycles. The third-order valence-corrected chi connectivity index (χ3v) is 5.18. The molecule has 0 amide bonds. The summed E-state index contributed by atoms with van der Waals surface area (Å²) in [4.78, 5) is 0. The molecule has 0 aliphatic carbocycles. The quantitative estimate of drug-likeness (QED) is 0.803. The fourth-order valence-electron chi connectivity index (χ4n) is 2.33. The molecule has 0 atom stereocenters. The van der Waals surface area contributed by atoms with Crippen LogP contribution in [0.1, 0.15) is 38.8 Å². The van der Waals surface area contributed by atoms with Crippen LogP contribution in [0.4, 0.5) is 0 Å². The maximum absolute atomic E-state index is 12.7. The molecule has 1 rings (SSSR count). The van der Waals surface area contributed by atoms with E-state index in [-0.39, 0.29) is 11.8 Å². The molecule has 1 aromatic rings. The number of rotatable bonds is 8. The van der Waals surface area contributed by atoms with Crippen molar-refractivity contribution >= 4 is 10.0 Å². The highest BCUT2D eigenvalue weighted by Gasteiger charge is 2.25. The van der Waals surface area contributed by atoms with Gasteiger partial charge in [0.15, 0.2) is 0 Å². The van der Waals surface area contributed by atoms with Gasteiger partial charge in [-0.3, -0.25) is 0 Å². The van der Waals surface area contributed by atoms with E-state index in [4.69, 9.17) is 0 Å². The van der Waals surface area contributed by atoms with E-state index in [2.05, 4.69) is 5.32 Å². The molecule has 21 heavy (non-hydrogen) atoms. The molecule has 0 fully saturated rings. The minimum absolute atomic E-state index is 0.0158. The molecule has 0 unspecified atom stereocenters. The van der Waals surface area contributed by atoms with Gasteiger partial charge in [0.05, 0.1) is 5.75 Å². The van der Waals surface area contributed by atoms with Crippen LogP contribution in [0.2, 0.25) is 0 Å². The Morgan fingerprint density at radius 3 is 2.29 bits per heavy atom. The fraction of sp³-hybridized carbons (Fsp3) is 0.625. The maximum atomic E-state index is 12.7. The zero-order valence-electron chi connectivity index (χ0n) is 13.8. The average Bonchev–Trinajstić information content (AvgIpc) is 2.35. The molecular formula is C16H28N2O2S. The highest BCUT2D eigenvalue weighted by molar-refractivity contribution is 7.88. The maximum Gasteiger partial charge on any atom is 0.218 e. The second kappa shape index (κ2) is 7.92. The summed E-state index contributed by atoms with van der Waals surface area (Å²) in [6.45, 7) is 9.25. The van der Waals surface area contributed by atoms with Crippen molar-refractivity contribution in [2.75, 3.05) is 13.6 Å². The summed E-state index contributed by atoms with van der Waals surface area (Å²) >= 11 is 0. The highest BCUT2D eigenvalue weighted by Crippen LogP contribution is 2.17. The molecule has 0 spiro atoms. The highest BCUT2D eigenvalue weighted by atomic mass is 32.2. The van der Waals surface area contributed by atoms with Crippen LogP contribution in [-0.4, -0.2) is 32.4 Å². The summed E-state index contributed by atoms with van der Waals surface area (Å²) in [6.07, 6.45) is 0. The molecule has 4 nitrogen and oxygen atoms in total. The average molecular weight is 312 g/mol. The zero-order chi connectivity index (χ0) is 16.0. The molecule has 1 N–H and O–H groups in total. The monoisotopic (exact) mass is 312 g/mol. The minimum atomic E-state index is -3.29. The van der Waals surface area contributed by atoms with E-state index in [1.54, 1.807) is 4.31 Å². The minimum Gasteiger partial charge on any atom is -0.316 e. The molecule has 0 saturated carbocycles. The van der Waals surface area contributed by atoms with Crippen molar-refractivity contribution in [1.29, 1.82) is 0 Å². The van der Waals surface area contributed by atoms with Gasteiger partial charge in [-0.05, 0) is 37.9 Å². The van der Waals surface area contributed by atoms with Crippen LogP contribution in [0.3, 0.4) is 0 Å². The van der Waals surface area contributed by atoms with E-state index in [0.717, 1.165) is 17.7 Å². The standard InChI is InChI=1S/C16H28N2O2S/c1-13(2)11-18(14(3)4)21(19,20)12-16-8-6-7-15(9-16)10-17-5/h6-9,13-14,17H,10-12H2,1-5H3. The van der Waals surface area contributed by atoms with E-state index in [1.807, 2.05) is 59.0 Å². The molecule has 1 aromatic carbocycles. The van der Waals surface area contributed by atoms with Crippen LogP contribution < -0.4 is 5.32 Å². The predicted octanol–water partition coefficient (Wildman–Crippen LogP) is 2.60. The third-order valence-electron chi connectivity index (χ3n) is 3.20. The van der Waals surface area contributed by atoms with Crippen molar-refractivity contribution in [3.8, 4) is 0 Å². The van der Waals surface area contributed by atoms with E-state index < -0.39 is 10.0 Å². The summed E-state index contributed by atoms with van der Waals surface area (Å²) < 4.78 is 26.9. The second-order valence-corrected chi connectivity index (χ2v) is 8.09. The van der Waals surface area contributed by atoms with Crippen molar-refractivity contribution in [3.05, 3.63) is 35.4 Å². The summed E-state index contributed by atoms with van der Waals surface area (Å²) in [5, 5.41) is 3.08. The summed E-state index contributed by atoms with van der Waals surface area (Å²) in [7, 11) is -1.41. The van der Waals surface area contributed by atoms with Crippen LogP contribution >= 0.6 is 0 Å². The third kappa shape index (κ3) is 5.77. The van der Waals surface area contributed by atoms with E-state index >= 15 is 0 Å².